The fourth-order valence-electron chi connectivity index (χ4n) is 2.96. The predicted molar refractivity (Wildman–Crippen MR) is 116 cm³/mol. The first kappa shape index (κ1) is 18.2. The predicted octanol–water partition coefficient (Wildman–Crippen LogP) is 5.34. The fourth-order valence-corrected chi connectivity index (χ4v) is 3.57. The molecule has 0 fully saturated rings. The van der Waals surface area contributed by atoms with Crippen molar-refractivity contribution in [2.45, 2.75) is 11.9 Å². The van der Waals surface area contributed by atoms with Gasteiger partial charge in [-0.3, -0.25) is 4.79 Å². The van der Waals surface area contributed by atoms with E-state index in [0.29, 0.717) is 0 Å². The summed E-state index contributed by atoms with van der Waals surface area (Å²) in [4.78, 5) is 12.1. The van der Waals surface area contributed by atoms with Crippen molar-refractivity contribution in [1.82, 2.24) is 10.2 Å². The minimum absolute atomic E-state index is 0.0593. The smallest absolute Gasteiger partial charge is 0.234 e. The molecule has 0 saturated heterocycles. The zero-order valence-electron chi connectivity index (χ0n) is 15.4. The third kappa shape index (κ3) is 4.38. The maximum Gasteiger partial charge on any atom is 0.234 e. The molecule has 0 aliphatic heterocycles. The number of hydrogen-bond donors (Lipinski definition) is 1. The number of nitrogens with one attached hydrogen (secondary N) is 1. The van der Waals surface area contributed by atoms with Gasteiger partial charge in [0.2, 0.25) is 5.91 Å². The Hall–Kier alpha value is -3.18. The highest BCUT2D eigenvalue weighted by Gasteiger charge is 2.07. The molecule has 0 bridgehead atoms. The van der Waals surface area contributed by atoms with Crippen molar-refractivity contribution < 1.29 is 4.79 Å². The summed E-state index contributed by atoms with van der Waals surface area (Å²) in [6, 6.07) is 26.1. The quantitative estimate of drug-likeness (QED) is 0.471. The molecule has 0 aliphatic rings. The molecule has 0 aliphatic carbocycles. The van der Waals surface area contributed by atoms with E-state index in [1.165, 1.54) is 22.5 Å². The van der Waals surface area contributed by atoms with Crippen LogP contribution < -0.4 is 5.32 Å². The van der Waals surface area contributed by atoms with Crippen LogP contribution in [0.4, 0.5) is 5.69 Å². The van der Waals surface area contributed by atoms with E-state index in [1.54, 1.807) is 0 Å². The van der Waals surface area contributed by atoms with Gasteiger partial charge in [0.25, 0.3) is 0 Å². The van der Waals surface area contributed by atoms with Crippen LogP contribution in [-0.2, 0) is 4.79 Å². The Morgan fingerprint density at radius 1 is 0.893 bits per heavy atom. The molecule has 4 rings (SSSR count). The average molecular weight is 385 g/mol. The van der Waals surface area contributed by atoms with Crippen LogP contribution in [0.25, 0.3) is 22.0 Å². The Kier molecular flexibility index (Phi) is 5.35. The number of thioether (sulfide) groups is 1. The highest BCUT2D eigenvalue weighted by atomic mass is 32.2. The highest BCUT2D eigenvalue weighted by Crippen LogP contribution is 2.24. The minimum Gasteiger partial charge on any atom is -0.325 e. The van der Waals surface area contributed by atoms with E-state index in [-0.39, 0.29) is 11.7 Å². The lowest BCUT2D eigenvalue weighted by molar-refractivity contribution is -0.113. The molecule has 4 nitrogen and oxygen atoms in total. The van der Waals surface area contributed by atoms with Gasteiger partial charge in [0.05, 0.1) is 11.4 Å². The first-order chi connectivity index (χ1) is 13.7. The number of fused-ring (bicyclic) bond motifs is 1. The van der Waals surface area contributed by atoms with E-state index in [1.807, 2.05) is 55.5 Å². The first-order valence-corrected chi connectivity index (χ1v) is 9.98. The molecule has 0 atom stereocenters. The largest absolute Gasteiger partial charge is 0.325 e. The summed E-state index contributed by atoms with van der Waals surface area (Å²) in [6.07, 6.45) is 0. The van der Waals surface area contributed by atoms with E-state index >= 15 is 0 Å². The fraction of sp³-hybridized carbons (Fsp3) is 0.0870. The van der Waals surface area contributed by atoms with Gasteiger partial charge in [-0.2, -0.15) is 0 Å². The van der Waals surface area contributed by atoms with Gasteiger partial charge >= 0.3 is 0 Å². The molecule has 1 amide bonds. The van der Waals surface area contributed by atoms with Crippen molar-refractivity contribution >= 4 is 34.1 Å². The number of rotatable bonds is 5. The van der Waals surface area contributed by atoms with Crippen LogP contribution in [0.1, 0.15) is 5.56 Å². The van der Waals surface area contributed by atoms with Crippen molar-refractivity contribution in [3.63, 3.8) is 0 Å². The molecule has 1 aromatic heterocycles. The lowest BCUT2D eigenvalue weighted by Gasteiger charge is -2.06. The van der Waals surface area contributed by atoms with Crippen LogP contribution in [0.5, 0.6) is 0 Å². The molecule has 3 aromatic carbocycles. The molecule has 0 radical (unpaired) electrons. The van der Waals surface area contributed by atoms with Gasteiger partial charge in [0.1, 0.15) is 5.03 Å². The van der Waals surface area contributed by atoms with Crippen LogP contribution in [0, 0.1) is 6.92 Å². The summed E-state index contributed by atoms with van der Waals surface area (Å²) >= 11 is 1.37. The second kappa shape index (κ2) is 8.23. The normalized spacial score (nSPS) is 10.8. The standard InChI is InChI=1S/C23H19N3OS/c1-16-5-4-8-20(13-16)24-22(27)15-28-23-12-11-21(25-26-23)19-10-9-17-6-2-3-7-18(17)14-19/h2-14H,15H2,1H3,(H,24,27). The lowest BCUT2D eigenvalue weighted by atomic mass is 10.1. The van der Waals surface area contributed by atoms with Crippen LogP contribution >= 0.6 is 11.8 Å². The summed E-state index contributed by atoms with van der Waals surface area (Å²) in [6.45, 7) is 2.00. The van der Waals surface area contributed by atoms with Crippen molar-refractivity contribution in [2.75, 3.05) is 11.1 Å². The monoisotopic (exact) mass is 385 g/mol. The van der Waals surface area contributed by atoms with Gasteiger partial charge in [0, 0.05) is 11.3 Å². The van der Waals surface area contributed by atoms with Crippen LogP contribution in [-0.4, -0.2) is 21.9 Å². The Morgan fingerprint density at radius 2 is 1.75 bits per heavy atom. The van der Waals surface area contributed by atoms with Gasteiger partial charge in [-0.15, -0.1) is 10.2 Å². The van der Waals surface area contributed by atoms with E-state index in [4.69, 9.17) is 0 Å². The van der Waals surface area contributed by atoms with E-state index in [9.17, 15) is 4.79 Å². The Morgan fingerprint density at radius 3 is 2.54 bits per heavy atom. The van der Waals surface area contributed by atoms with Crippen molar-refractivity contribution in [1.29, 1.82) is 0 Å². The Bertz CT molecular complexity index is 1130. The molecule has 1 N–H and O–H groups in total. The zero-order chi connectivity index (χ0) is 19.3. The molecule has 138 valence electrons. The van der Waals surface area contributed by atoms with Gasteiger partial charge < -0.3 is 5.32 Å². The molecule has 1 heterocycles. The molecular formula is C23H19N3OS. The summed E-state index contributed by atoms with van der Waals surface area (Å²) < 4.78 is 0. The number of anilines is 1. The summed E-state index contributed by atoms with van der Waals surface area (Å²) in [5, 5.41) is 14.6. The molecular weight excluding hydrogens is 366 g/mol. The Balaban J connectivity index is 1.39. The molecule has 0 unspecified atom stereocenters. The van der Waals surface area contributed by atoms with Crippen LogP contribution in [0.3, 0.4) is 0 Å². The molecule has 5 heteroatoms. The minimum atomic E-state index is -0.0593. The second-order valence-electron chi connectivity index (χ2n) is 6.53. The number of amides is 1. The molecule has 4 aromatic rings. The van der Waals surface area contributed by atoms with Gasteiger partial charge in [-0.05, 0) is 53.6 Å². The molecule has 28 heavy (non-hydrogen) atoms. The van der Waals surface area contributed by atoms with Crippen molar-refractivity contribution in [3.8, 4) is 11.3 Å². The number of hydrogen-bond acceptors (Lipinski definition) is 4. The van der Waals surface area contributed by atoms with Gasteiger partial charge in [0.15, 0.2) is 0 Å². The van der Waals surface area contributed by atoms with E-state index < -0.39 is 0 Å². The number of nitrogens with zero attached hydrogens (tertiary/aromatic N) is 2. The first-order valence-electron chi connectivity index (χ1n) is 9.00. The van der Waals surface area contributed by atoms with E-state index in [2.05, 4.69) is 45.8 Å². The molecule has 0 spiro atoms. The number of carbonyl (C=O) groups is 1. The molecule has 0 saturated carbocycles. The average Bonchev–Trinajstić information content (AvgIpc) is 2.72. The summed E-state index contributed by atoms with van der Waals surface area (Å²) in [5.74, 6) is 0.230. The number of aryl methyl sites for hydroxylation is 1. The maximum absolute atomic E-state index is 12.1. The van der Waals surface area contributed by atoms with Crippen LogP contribution in [0.2, 0.25) is 0 Å². The summed E-state index contributed by atoms with van der Waals surface area (Å²) in [5.41, 5.74) is 3.77. The van der Waals surface area contributed by atoms with Crippen molar-refractivity contribution in [3.05, 3.63) is 84.4 Å². The number of carbonyl (C=O) groups excluding carboxylic acids is 1. The van der Waals surface area contributed by atoms with Crippen molar-refractivity contribution in [2.24, 2.45) is 0 Å². The number of aromatic nitrogens is 2. The third-order valence-corrected chi connectivity index (χ3v) is 5.26. The third-order valence-electron chi connectivity index (χ3n) is 4.34. The Labute approximate surface area is 168 Å². The van der Waals surface area contributed by atoms with E-state index in [0.717, 1.165) is 27.5 Å². The maximum atomic E-state index is 12.1. The van der Waals surface area contributed by atoms with Gasteiger partial charge in [-0.1, -0.05) is 60.3 Å². The zero-order valence-corrected chi connectivity index (χ0v) is 16.2. The second-order valence-corrected chi connectivity index (χ2v) is 7.52. The van der Waals surface area contributed by atoms with Gasteiger partial charge in [-0.25, -0.2) is 0 Å². The summed E-state index contributed by atoms with van der Waals surface area (Å²) in [7, 11) is 0. The topological polar surface area (TPSA) is 54.9 Å². The highest BCUT2D eigenvalue weighted by molar-refractivity contribution is 7.99. The SMILES string of the molecule is Cc1cccc(NC(=O)CSc2ccc(-c3ccc4ccccc4c3)nn2)c1. The van der Waals surface area contributed by atoms with Crippen LogP contribution in [0.15, 0.2) is 83.9 Å². The number of benzene rings is 3. The lowest BCUT2D eigenvalue weighted by Crippen LogP contribution is -2.14.